The molecule has 8 N–H and O–H groups in total. The molecule has 0 unspecified atom stereocenters. The number of benzene rings is 8. The van der Waals surface area contributed by atoms with E-state index in [1.165, 1.54) is 46.1 Å². The Kier molecular flexibility index (Phi) is 37.9. The van der Waals surface area contributed by atoms with Crippen LogP contribution >= 0.6 is 92.5 Å². The van der Waals surface area contributed by atoms with Crippen molar-refractivity contribution in [2.75, 3.05) is 21.3 Å². The molecule has 20 rings (SSSR count). The number of carboxylic acids is 2. The standard InChI is InChI=1S/2C28H27ClN2O4S.2C28H26ClN2O3S.2Na.2H2O/c2*1-16-24(30-27(34)35-17(2)22-4-3-5-23(22)29)25(36-31-16)20-8-6-18(7-9-20)19-10-12-21(13-11-19)28(14-15-28)26(32)33;2*1-17-25(30-27(33)34-18(2)23-4-3-5-24(23)29)26(35-31-17)21-8-6-19(7-9-21)20-10-12-22(13-11-20)28(16-32)14-15-28;;;;/h2*6-13,17H,3-5,14-15H2,1-2H3,(H,30,34)(H,32,33);2*6-13,18H,3-5,14-15H2,1-2H3,(H,30,33);;;2*1H2/q;;2*-1;2*+1;;/p-2/t2*17-;2*18-;;;;/m1010..../s1. The Labute approximate surface area is 929 Å². The van der Waals surface area contributed by atoms with Crippen LogP contribution in [0.5, 0.6) is 0 Å². The van der Waals surface area contributed by atoms with E-state index in [1.54, 1.807) is 0 Å². The number of carbonyl (C=O) groups excluding carboxylic acids is 6. The van der Waals surface area contributed by atoms with Gasteiger partial charge in [-0.1, -0.05) is 277 Å². The van der Waals surface area contributed by atoms with E-state index >= 15 is 0 Å². The smallest absolute Gasteiger partial charge is 0.870 e. The van der Waals surface area contributed by atoms with Crippen LogP contribution in [0.1, 0.15) is 201 Å². The molecule has 0 aliphatic heterocycles. The number of rotatable bonds is 28. The van der Waals surface area contributed by atoms with Crippen molar-refractivity contribution in [2.24, 2.45) is 0 Å². The topological polar surface area (TPSA) is 374 Å². The van der Waals surface area contributed by atoms with Gasteiger partial charge >= 0.3 is 95.4 Å². The number of hydrogen-bond donors (Lipinski definition) is 6. The molecule has 12 aromatic rings. The van der Waals surface area contributed by atoms with Crippen molar-refractivity contribution in [1.82, 2.24) is 17.5 Å². The number of halogens is 4. The van der Waals surface area contributed by atoms with Gasteiger partial charge in [-0.15, -0.1) is 10.8 Å². The number of nitrogens with zero attached hydrogens (tertiary/aromatic N) is 4. The van der Waals surface area contributed by atoms with Gasteiger partial charge in [0.25, 0.3) is 0 Å². The van der Waals surface area contributed by atoms with E-state index in [4.69, 9.17) is 65.4 Å². The van der Waals surface area contributed by atoms with Crippen LogP contribution in [0.3, 0.4) is 0 Å². The Morgan fingerprint density at radius 2 is 0.479 bits per heavy atom. The number of anilines is 4. The van der Waals surface area contributed by atoms with Crippen LogP contribution in [0.25, 0.3) is 86.3 Å². The van der Waals surface area contributed by atoms with Crippen LogP contribution in [-0.4, -0.2) is 112 Å². The molecule has 4 aromatic heterocycles. The van der Waals surface area contributed by atoms with Crippen molar-refractivity contribution < 1.29 is 138 Å². The van der Waals surface area contributed by atoms with E-state index in [1.807, 2.05) is 201 Å². The number of carbonyl (C=O) groups is 6. The monoisotopic (exact) mass is 2130 g/mol. The van der Waals surface area contributed by atoms with Crippen molar-refractivity contribution in [3.05, 3.63) is 282 Å². The van der Waals surface area contributed by atoms with Crippen LogP contribution in [0.2, 0.25) is 0 Å². The maximum absolute atomic E-state index is 12.6. The van der Waals surface area contributed by atoms with Gasteiger partial charge in [0.2, 0.25) is 0 Å². The molecular formula is C112H108Cl4N8Na2O16S4-2. The summed E-state index contributed by atoms with van der Waals surface area (Å²) < 4.78 is 40.2. The number of amides is 4. The third-order valence-corrected chi connectivity index (χ3v) is 33.8. The summed E-state index contributed by atoms with van der Waals surface area (Å²) in [6, 6.07) is 64.2. The van der Waals surface area contributed by atoms with Crippen LogP contribution in [0.4, 0.5) is 41.9 Å². The second kappa shape index (κ2) is 49.0. The van der Waals surface area contributed by atoms with Gasteiger partial charge in [-0.2, -0.15) is 17.5 Å². The minimum atomic E-state index is -0.748. The summed E-state index contributed by atoms with van der Waals surface area (Å²) in [5.74, 6) is -1.50. The third kappa shape index (κ3) is 25.5. The predicted octanol–water partition coefficient (Wildman–Crippen LogP) is 23.8. The molecule has 4 heterocycles. The minimum Gasteiger partial charge on any atom is -0.870 e. The fourth-order valence-electron chi connectivity index (χ4n) is 18.8. The molecule has 4 amide bonds. The first-order valence-corrected chi connectivity index (χ1v) is 52.3. The molecule has 146 heavy (non-hydrogen) atoms. The van der Waals surface area contributed by atoms with Gasteiger partial charge in [0.15, 0.2) is 0 Å². The maximum Gasteiger partial charge on any atom is 1.00 e. The summed E-state index contributed by atoms with van der Waals surface area (Å²) in [5, 5.41) is 33.8. The normalized spacial score (nSPS) is 16.7. The van der Waals surface area contributed by atoms with Crippen molar-refractivity contribution >= 4 is 164 Å². The molecule has 4 saturated carbocycles. The molecule has 8 aliphatic rings. The first-order valence-electron chi connectivity index (χ1n) is 47.7. The Hall–Kier alpha value is -10.3. The van der Waals surface area contributed by atoms with E-state index in [-0.39, 0.29) is 105 Å². The van der Waals surface area contributed by atoms with Gasteiger partial charge in [-0.3, -0.25) is 43.4 Å². The van der Waals surface area contributed by atoms with Crippen molar-refractivity contribution in [3.63, 3.8) is 0 Å². The van der Waals surface area contributed by atoms with E-state index in [9.17, 15) is 48.6 Å². The number of aromatic nitrogens is 4. The van der Waals surface area contributed by atoms with Crippen LogP contribution in [0.15, 0.2) is 237 Å². The molecule has 0 bridgehead atoms. The Morgan fingerprint density at radius 3 is 0.637 bits per heavy atom. The number of nitrogens with one attached hydrogen (secondary N) is 4. The summed E-state index contributed by atoms with van der Waals surface area (Å²) in [5.41, 5.74) is 23.4. The summed E-state index contributed by atoms with van der Waals surface area (Å²) in [6.07, 6.45) is 18.0. The Morgan fingerprint density at radius 1 is 0.301 bits per heavy atom. The fraction of sp³-hybridized carbons (Fsp3) is 0.321. The average molecular weight is 2140 g/mol. The van der Waals surface area contributed by atoms with E-state index in [2.05, 4.69) is 99.9 Å². The molecule has 8 aliphatic carbocycles. The van der Waals surface area contributed by atoms with Gasteiger partial charge in [0.05, 0.1) is 75.9 Å². The first kappa shape index (κ1) is 113. The molecule has 4 atom stereocenters. The average Bonchev–Trinajstić information content (AvgIpc) is 1.73. The number of hydrogen-bond acceptors (Lipinski definition) is 22. The van der Waals surface area contributed by atoms with Gasteiger partial charge in [-0.25, -0.2) is 19.2 Å². The van der Waals surface area contributed by atoms with Gasteiger partial charge < -0.3 is 49.7 Å². The number of aliphatic carboxylic acids is 2. The quantitative estimate of drug-likeness (QED) is 0.0151. The number of ether oxygens (including phenoxy) is 4. The maximum atomic E-state index is 12.6. The molecule has 748 valence electrons. The molecule has 0 saturated heterocycles. The van der Waals surface area contributed by atoms with Crippen molar-refractivity contribution in [2.45, 2.75) is 230 Å². The largest absolute Gasteiger partial charge is 1.00 e. The minimum absolute atomic E-state index is 0. The number of carboxylic acid groups (broad SMARTS) is 2. The van der Waals surface area contributed by atoms with Crippen LogP contribution in [0, 0.1) is 27.7 Å². The molecule has 0 spiro atoms. The van der Waals surface area contributed by atoms with Gasteiger partial charge in [0.1, 0.15) is 24.4 Å². The molecule has 4 fully saturated rings. The Balaban J connectivity index is 0.000000161. The molecular weight excluding hydrogens is 2030 g/mol. The predicted molar refractivity (Wildman–Crippen MR) is 570 cm³/mol. The zero-order chi connectivity index (χ0) is 100. The first-order chi connectivity index (χ1) is 68.4. The van der Waals surface area contributed by atoms with Gasteiger partial charge in [-0.05, 0) is 304 Å². The number of aryl methyl sites for hydroxylation is 4. The summed E-state index contributed by atoms with van der Waals surface area (Å²) in [7, 11) is 0. The second-order valence-electron chi connectivity index (χ2n) is 37.5. The molecule has 8 aromatic carbocycles. The van der Waals surface area contributed by atoms with Crippen molar-refractivity contribution in [1.29, 1.82) is 0 Å². The van der Waals surface area contributed by atoms with Crippen molar-refractivity contribution in [3.8, 4) is 86.3 Å². The van der Waals surface area contributed by atoms with Crippen LogP contribution in [-0.2, 0) is 59.8 Å². The SMILES string of the molecule is Cc1nsc(-c2ccc(-c3ccc(C4(C(=O)O)CC4)cc3)cc2)c1NC(=O)O[C@@H](C)C1=C(Cl)CCC1.Cc1nsc(-c2ccc(-c3ccc(C4(C(=O)O)CC4)cc3)cc2)c1NC(=O)O[C@H](C)C1=C(Cl)CCC1.Cc1nsc(-c2ccc(-c3ccc(C4([C-]=O)CC4)cc3)cc2)c1NC(=O)O[C@@H](C)C1=C(Cl)CCC1.Cc1nsc(-c2ccc(-c3ccc(C4([C-]=O)CC4)cc3)cc2)c1NC(=O)O[C@H](C)C1=C(Cl)CCC1.[Na+].[Na+].[OH-].[OH-]. The third-order valence-electron chi connectivity index (χ3n) is 28.1. The molecule has 24 nitrogen and oxygen atoms in total. The van der Waals surface area contributed by atoms with E-state index in [0.717, 1.165) is 276 Å². The fourth-order valence-corrected chi connectivity index (χ4v) is 23.7. The van der Waals surface area contributed by atoms with E-state index in [0.29, 0.717) is 48.4 Å². The molecule has 0 radical (unpaired) electrons. The molecule has 34 heteroatoms. The number of allylic oxidation sites excluding steroid dienone is 4. The summed E-state index contributed by atoms with van der Waals surface area (Å²) >= 11 is 30.4. The zero-order valence-electron chi connectivity index (χ0n) is 82.5. The van der Waals surface area contributed by atoms with E-state index < -0.39 is 47.1 Å². The summed E-state index contributed by atoms with van der Waals surface area (Å²) in [4.78, 5) is 99.7. The zero-order valence-corrected chi connectivity index (χ0v) is 92.8. The van der Waals surface area contributed by atoms with Crippen LogP contribution < -0.4 is 80.4 Å². The summed E-state index contributed by atoms with van der Waals surface area (Å²) in [6.45, 7) is 14.9. The Bertz CT molecular complexity index is 6520. The second-order valence-corrected chi connectivity index (χ2v) is 42.4. The van der Waals surface area contributed by atoms with Gasteiger partial charge in [0, 0.05) is 20.1 Å².